The molecule has 36 heavy (non-hydrogen) atoms. The molecule has 1 saturated heterocycles. The molecule has 1 unspecified atom stereocenters. The SMILES string of the molecule is O=S1C(Br)=C(Oc2ccc(O[C@H]3CCN(CCCF)C3)cc2)c2ccc(OCc3ccccc3)cc21. The van der Waals surface area contributed by atoms with Gasteiger partial charge in [0.05, 0.1) is 22.4 Å². The first kappa shape index (κ1) is 25.0. The number of hydrogen-bond acceptors (Lipinski definition) is 5. The highest BCUT2D eigenvalue weighted by Crippen LogP contribution is 2.42. The fourth-order valence-corrected chi connectivity index (χ4v) is 6.25. The molecular formula is C28H27BrFNO4S. The van der Waals surface area contributed by atoms with Crippen molar-refractivity contribution < 1.29 is 22.8 Å². The van der Waals surface area contributed by atoms with Crippen molar-refractivity contribution in [3.8, 4) is 17.2 Å². The van der Waals surface area contributed by atoms with Gasteiger partial charge in [-0.3, -0.25) is 9.29 Å². The Labute approximate surface area is 221 Å². The zero-order chi connectivity index (χ0) is 24.9. The van der Waals surface area contributed by atoms with E-state index in [9.17, 15) is 8.60 Å². The van der Waals surface area contributed by atoms with Crippen LogP contribution in [0.25, 0.3) is 5.76 Å². The molecule has 2 heterocycles. The third kappa shape index (κ3) is 5.82. The van der Waals surface area contributed by atoms with Gasteiger partial charge in [0, 0.05) is 25.2 Å². The smallest absolute Gasteiger partial charge is 0.159 e. The number of alkyl halides is 1. The monoisotopic (exact) mass is 571 g/mol. The lowest BCUT2D eigenvalue weighted by molar-refractivity contribution is 0.198. The molecule has 3 aromatic carbocycles. The Morgan fingerprint density at radius 3 is 2.53 bits per heavy atom. The van der Waals surface area contributed by atoms with Gasteiger partial charge in [-0.05, 0) is 76.8 Å². The van der Waals surface area contributed by atoms with E-state index in [0.717, 1.165) is 42.9 Å². The molecule has 3 aromatic rings. The van der Waals surface area contributed by atoms with Crippen molar-refractivity contribution in [2.24, 2.45) is 0 Å². The first-order valence-electron chi connectivity index (χ1n) is 12.0. The van der Waals surface area contributed by atoms with Crippen LogP contribution in [0.5, 0.6) is 17.2 Å². The van der Waals surface area contributed by atoms with Gasteiger partial charge in [0.2, 0.25) is 0 Å². The number of likely N-dealkylation sites (tertiary alicyclic amines) is 1. The quantitative estimate of drug-likeness (QED) is 0.286. The molecule has 188 valence electrons. The molecule has 5 rings (SSSR count). The van der Waals surface area contributed by atoms with Crippen molar-refractivity contribution >= 4 is 32.5 Å². The molecule has 2 atom stereocenters. The third-order valence-corrected chi connectivity index (χ3v) is 8.66. The van der Waals surface area contributed by atoms with Crippen molar-refractivity contribution in [3.05, 3.63) is 87.7 Å². The molecule has 0 aromatic heterocycles. The van der Waals surface area contributed by atoms with Crippen LogP contribution >= 0.6 is 15.9 Å². The van der Waals surface area contributed by atoms with Crippen LogP contribution in [0.4, 0.5) is 4.39 Å². The number of benzene rings is 3. The maximum absolute atomic E-state index is 13.0. The van der Waals surface area contributed by atoms with Gasteiger partial charge in [0.25, 0.3) is 0 Å². The number of hydrogen-bond donors (Lipinski definition) is 0. The Bertz CT molecular complexity index is 1250. The number of fused-ring (bicyclic) bond motifs is 1. The fourth-order valence-electron chi connectivity index (χ4n) is 4.33. The van der Waals surface area contributed by atoms with Crippen molar-refractivity contribution in [3.63, 3.8) is 0 Å². The summed E-state index contributed by atoms with van der Waals surface area (Å²) in [5.74, 6) is 2.58. The first-order chi connectivity index (χ1) is 17.6. The van der Waals surface area contributed by atoms with E-state index in [1.54, 1.807) is 6.07 Å². The van der Waals surface area contributed by atoms with E-state index in [2.05, 4.69) is 20.8 Å². The summed E-state index contributed by atoms with van der Waals surface area (Å²) < 4.78 is 44.0. The standard InChI is InChI=1S/C28H27BrFNO4S/c29-28-27(25-12-11-23(17-26(25)36(28)32)33-19-20-5-2-1-3-6-20)35-22-9-7-21(8-10-22)34-24-13-16-31(18-24)15-4-14-30/h1-3,5-12,17,24H,4,13-16,18-19H2/t24-,36?/m0/s1. The highest BCUT2D eigenvalue weighted by atomic mass is 79.9. The van der Waals surface area contributed by atoms with Gasteiger partial charge < -0.3 is 14.2 Å². The number of rotatable bonds is 10. The predicted octanol–water partition coefficient (Wildman–Crippen LogP) is 6.30. The van der Waals surface area contributed by atoms with E-state index in [4.69, 9.17) is 14.2 Å². The van der Waals surface area contributed by atoms with Gasteiger partial charge in [-0.1, -0.05) is 30.3 Å². The second-order valence-corrected chi connectivity index (χ2v) is 11.5. The van der Waals surface area contributed by atoms with E-state index >= 15 is 0 Å². The topological polar surface area (TPSA) is 48.0 Å². The van der Waals surface area contributed by atoms with Gasteiger partial charge in [-0.25, -0.2) is 4.21 Å². The van der Waals surface area contributed by atoms with Gasteiger partial charge in [-0.2, -0.15) is 0 Å². The Morgan fingerprint density at radius 1 is 1.00 bits per heavy atom. The average molecular weight is 572 g/mol. The molecule has 1 fully saturated rings. The van der Waals surface area contributed by atoms with Crippen LogP contribution in [-0.2, 0) is 17.4 Å². The third-order valence-electron chi connectivity index (χ3n) is 6.17. The van der Waals surface area contributed by atoms with Gasteiger partial charge in [-0.15, -0.1) is 0 Å². The maximum Gasteiger partial charge on any atom is 0.159 e. The van der Waals surface area contributed by atoms with E-state index in [1.807, 2.05) is 66.7 Å². The van der Waals surface area contributed by atoms with E-state index in [1.165, 1.54) is 0 Å². The minimum atomic E-state index is -1.38. The molecule has 0 amide bonds. The van der Waals surface area contributed by atoms with Crippen LogP contribution in [0.3, 0.4) is 0 Å². The van der Waals surface area contributed by atoms with Crippen LogP contribution in [0.1, 0.15) is 24.0 Å². The van der Waals surface area contributed by atoms with Crippen molar-refractivity contribution in [2.75, 3.05) is 26.3 Å². The Hall–Kier alpha value is -2.68. The number of halogens is 2. The van der Waals surface area contributed by atoms with Crippen LogP contribution < -0.4 is 14.2 Å². The Kier molecular flexibility index (Phi) is 8.04. The van der Waals surface area contributed by atoms with Crippen LogP contribution in [0.15, 0.2) is 81.5 Å². The highest BCUT2D eigenvalue weighted by molar-refractivity contribution is 9.13. The van der Waals surface area contributed by atoms with Gasteiger partial charge in [0.1, 0.15) is 33.8 Å². The van der Waals surface area contributed by atoms with Crippen LogP contribution in [0, 0.1) is 0 Å². The normalized spacial score (nSPS) is 19.4. The van der Waals surface area contributed by atoms with Crippen molar-refractivity contribution in [1.82, 2.24) is 4.90 Å². The molecule has 0 saturated carbocycles. The summed E-state index contributed by atoms with van der Waals surface area (Å²) >= 11 is 3.47. The zero-order valence-corrected chi connectivity index (χ0v) is 22.1. The molecule has 8 heteroatoms. The fraction of sp³-hybridized carbons (Fsp3) is 0.286. The molecule has 2 aliphatic rings. The molecule has 2 aliphatic heterocycles. The Morgan fingerprint density at radius 2 is 1.75 bits per heavy atom. The molecule has 0 spiro atoms. The summed E-state index contributed by atoms with van der Waals surface area (Å²) in [6.07, 6.45) is 1.61. The number of ether oxygens (including phenoxy) is 3. The van der Waals surface area contributed by atoms with Crippen LogP contribution in [0.2, 0.25) is 0 Å². The maximum atomic E-state index is 13.0. The summed E-state index contributed by atoms with van der Waals surface area (Å²) in [7, 11) is -1.38. The van der Waals surface area contributed by atoms with Gasteiger partial charge in [0.15, 0.2) is 5.76 Å². The number of nitrogens with zero attached hydrogens (tertiary/aromatic N) is 1. The lowest BCUT2D eigenvalue weighted by Crippen LogP contribution is -2.26. The van der Waals surface area contributed by atoms with E-state index in [0.29, 0.717) is 39.0 Å². The Balaban J connectivity index is 1.21. The summed E-state index contributed by atoms with van der Waals surface area (Å²) in [6, 6.07) is 22.9. The molecule has 0 bridgehead atoms. The first-order valence-corrected chi connectivity index (χ1v) is 13.9. The highest BCUT2D eigenvalue weighted by Gasteiger charge is 2.30. The zero-order valence-electron chi connectivity index (χ0n) is 19.7. The van der Waals surface area contributed by atoms with Gasteiger partial charge >= 0.3 is 0 Å². The van der Waals surface area contributed by atoms with Crippen LogP contribution in [-0.4, -0.2) is 41.5 Å². The predicted molar refractivity (Wildman–Crippen MR) is 143 cm³/mol. The molecule has 0 aliphatic carbocycles. The summed E-state index contributed by atoms with van der Waals surface area (Å²) in [4.78, 5) is 2.89. The summed E-state index contributed by atoms with van der Waals surface area (Å²) in [6.45, 7) is 2.68. The lowest BCUT2D eigenvalue weighted by atomic mass is 10.2. The largest absolute Gasteiger partial charge is 0.489 e. The molecule has 0 N–H and O–H groups in total. The molecular weight excluding hydrogens is 545 g/mol. The average Bonchev–Trinajstić information content (AvgIpc) is 3.45. The van der Waals surface area contributed by atoms with Crippen molar-refractivity contribution in [2.45, 2.75) is 30.4 Å². The summed E-state index contributed by atoms with van der Waals surface area (Å²) in [5, 5.41) is 0. The second-order valence-electron chi connectivity index (χ2n) is 8.75. The molecule has 5 nitrogen and oxygen atoms in total. The second kappa shape index (κ2) is 11.6. The van der Waals surface area contributed by atoms with E-state index < -0.39 is 10.8 Å². The summed E-state index contributed by atoms with van der Waals surface area (Å²) in [5.41, 5.74) is 1.84. The van der Waals surface area contributed by atoms with Crippen molar-refractivity contribution in [1.29, 1.82) is 0 Å². The van der Waals surface area contributed by atoms with E-state index in [-0.39, 0.29) is 12.8 Å². The minimum absolute atomic E-state index is 0.107. The minimum Gasteiger partial charge on any atom is -0.489 e. The molecule has 0 radical (unpaired) electrons. The lowest BCUT2D eigenvalue weighted by Gasteiger charge is -2.16.